The molecule has 5 nitrogen and oxygen atoms in total. The van der Waals surface area contributed by atoms with Gasteiger partial charge in [0.15, 0.2) is 0 Å². The number of urea groups is 1. The van der Waals surface area contributed by atoms with Crippen LogP contribution in [0.1, 0.15) is 12.5 Å². The molecule has 0 radical (unpaired) electrons. The molecule has 2 atom stereocenters. The lowest BCUT2D eigenvalue weighted by molar-refractivity contribution is 0.0659. The number of halogens is 1. The average Bonchev–Trinajstić information content (AvgIpc) is 2.39. The van der Waals surface area contributed by atoms with Gasteiger partial charge in [-0.05, 0) is 25.0 Å². The minimum atomic E-state index is -0.690. The van der Waals surface area contributed by atoms with Crippen LogP contribution < -0.4 is 10.6 Å². The van der Waals surface area contributed by atoms with Crippen LogP contribution in [-0.4, -0.2) is 43.5 Å². The second-order valence-corrected chi connectivity index (χ2v) is 5.51. The minimum absolute atomic E-state index is 0.00623. The van der Waals surface area contributed by atoms with Crippen LogP contribution in [0.2, 0.25) is 0 Å². The fourth-order valence-electron chi connectivity index (χ4n) is 1.78. The zero-order valence-corrected chi connectivity index (χ0v) is 13.3. The Labute approximate surface area is 127 Å². The Balaban J connectivity index is 2.33. The number of methoxy groups -OCH3 is 1. The predicted octanol–water partition coefficient (Wildman–Crippen LogP) is 1.69. The quantitative estimate of drug-likeness (QED) is 0.704. The molecule has 0 aliphatic rings. The largest absolute Gasteiger partial charge is 0.389 e. The number of rotatable bonds is 7. The maximum absolute atomic E-state index is 11.7. The van der Waals surface area contributed by atoms with Gasteiger partial charge in [0.25, 0.3) is 0 Å². The number of benzene rings is 1. The third kappa shape index (κ3) is 6.36. The van der Waals surface area contributed by atoms with E-state index >= 15 is 0 Å². The summed E-state index contributed by atoms with van der Waals surface area (Å²) >= 11 is 3.48. The molecular weight excluding hydrogens is 324 g/mol. The molecule has 1 aromatic rings. The number of aliphatic hydroxyl groups is 1. The van der Waals surface area contributed by atoms with Gasteiger partial charge in [0.2, 0.25) is 0 Å². The Bertz CT molecular complexity index is 429. The van der Waals surface area contributed by atoms with Crippen LogP contribution in [0.4, 0.5) is 4.79 Å². The Morgan fingerprint density at radius 3 is 2.80 bits per heavy atom. The summed E-state index contributed by atoms with van der Waals surface area (Å²) < 4.78 is 5.81. The number of ether oxygens (including phenoxy) is 1. The molecule has 0 spiro atoms. The molecule has 2 amide bonds. The van der Waals surface area contributed by atoms with Gasteiger partial charge in [0.1, 0.15) is 0 Å². The van der Waals surface area contributed by atoms with E-state index in [0.29, 0.717) is 0 Å². The molecule has 112 valence electrons. The molecule has 1 aromatic carbocycles. The van der Waals surface area contributed by atoms with Crippen LogP contribution in [-0.2, 0) is 11.2 Å². The molecule has 0 saturated carbocycles. The van der Waals surface area contributed by atoms with Crippen molar-refractivity contribution in [2.75, 3.05) is 20.3 Å². The van der Waals surface area contributed by atoms with Crippen molar-refractivity contribution in [2.24, 2.45) is 0 Å². The van der Waals surface area contributed by atoms with E-state index in [1.807, 2.05) is 31.2 Å². The molecule has 0 saturated heterocycles. The van der Waals surface area contributed by atoms with E-state index < -0.39 is 6.10 Å². The van der Waals surface area contributed by atoms with Crippen LogP contribution in [0.3, 0.4) is 0 Å². The summed E-state index contributed by atoms with van der Waals surface area (Å²) in [7, 11) is 1.50. The van der Waals surface area contributed by atoms with Crippen molar-refractivity contribution in [1.29, 1.82) is 0 Å². The van der Waals surface area contributed by atoms with Crippen LogP contribution in [0, 0.1) is 0 Å². The predicted molar refractivity (Wildman–Crippen MR) is 81.7 cm³/mol. The summed E-state index contributed by atoms with van der Waals surface area (Å²) in [5.41, 5.74) is 1.14. The van der Waals surface area contributed by atoms with Gasteiger partial charge in [0, 0.05) is 24.2 Å². The smallest absolute Gasteiger partial charge is 0.315 e. The monoisotopic (exact) mass is 344 g/mol. The van der Waals surface area contributed by atoms with Crippen LogP contribution in [0.5, 0.6) is 0 Å². The lowest BCUT2D eigenvalue weighted by atomic mass is 10.1. The molecule has 0 bridgehead atoms. The van der Waals surface area contributed by atoms with E-state index in [1.54, 1.807) is 0 Å². The summed E-state index contributed by atoms with van der Waals surface area (Å²) in [6, 6.07) is 7.61. The fourth-order valence-corrected chi connectivity index (χ4v) is 2.23. The summed E-state index contributed by atoms with van der Waals surface area (Å²) in [6.07, 6.45) is 0.0412. The number of aliphatic hydroxyl groups excluding tert-OH is 1. The Morgan fingerprint density at radius 2 is 2.15 bits per heavy atom. The molecule has 3 N–H and O–H groups in total. The van der Waals surface area contributed by atoms with Crippen LogP contribution in [0.25, 0.3) is 0 Å². The zero-order valence-electron chi connectivity index (χ0n) is 11.7. The third-order valence-corrected chi connectivity index (χ3v) is 3.49. The fraction of sp³-hybridized carbons (Fsp3) is 0.500. The van der Waals surface area contributed by atoms with Gasteiger partial charge in [-0.2, -0.15) is 0 Å². The highest BCUT2D eigenvalue weighted by atomic mass is 79.9. The molecule has 0 heterocycles. The van der Waals surface area contributed by atoms with Gasteiger partial charge in [-0.1, -0.05) is 34.1 Å². The number of carbonyl (C=O) groups excluding carboxylic acids is 1. The summed E-state index contributed by atoms with van der Waals surface area (Å²) in [5, 5.41) is 14.9. The van der Waals surface area contributed by atoms with Crippen LogP contribution >= 0.6 is 15.9 Å². The molecule has 0 aliphatic heterocycles. The Kier molecular flexibility index (Phi) is 7.58. The lowest BCUT2D eigenvalue weighted by Crippen LogP contribution is -2.44. The molecule has 1 rings (SSSR count). The molecule has 0 aromatic heterocycles. The van der Waals surface area contributed by atoms with Crippen molar-refractivity contribution in [1.82, 2.24) is 10.6 Å². The Morgan fingerprint density at radius 1 is 1.45 bits per heavy atom. The standard InChI is InChI=1S/C14H21BrN2O3/c1-10(7-11-5-3-4-6-13(11)15)17-14(19)16-8-12(18)9-20-2/h3-6,10,12,18H,7-9H2,1-2H3,(H2,16,17,19)/t10-,12+/m1/s1. The average molecular weight is 345 g/mol. The maximum atomic E-state index is 11.7. The summed E-state index contributed by atoms with van der Waals surface area (Å²) in [4.78, 5) is 11.7. The van der Waals surface area contributed by atoms with Crippen molar-refractivity contribution in [3.05, 3.63) is 34.3 Å². The highest BCUT2D eigenvalue weighted by Gasteiger charge is 2.11. The van der Waals surface area contributed by atoms with E-state index in [4.69, 9.17) is 4.74 Å². The molecule has 0 aliphatic carbocycles. The van der Waals surface area contributed by atoms with E-state index in [0.717, 1.165) is 16.5 Å². The van der Waals surface area contributed by atoms with Crippen LogP contribution in [0.15, 0.2) is 28.7 Å². The van der Waals surface area contributed by atoms with Gasteiger partial charge in [-0.15, -0.1) is 0 Å². The zero-order chi connectivity index (χ0) is 15.0. The second kappa shape index (κ2) is 8.94. The Hall–Kier alpha value is -1.11. The first-order chi connectivity index (χ1) is 9.52. The van der Waals surface area contributed by atoms with Crippen molar-refractivity contribution in [2.45, 2.75) is 25.5 Å². The molecule has 0 fully saturated rings. The summed E-state index contributed by atoms with van der Waals surface area (Å²) in [6.45, 7) is 2.30. The molecule has 20 heavy (non-hydrogen) atoms. The summed E-state index contributed by atoms with van der Waals surface area (Å²) in [5.74, 6) is 0. The van der Waals surface area contributed by atoms with E-state index in [9.17, 15) is 9.90 Å². The van der Waals surface area contributed by atoms with Crippen molar-refractivity contribution in [3.8, 4) is 0 Å². The number of nitrogens with one attached hydrogen (secondary N) is 2. The third-order valence-electron chi connectivity index (χ3n) is 2.72. The van der Waals surface area contributed by atoms with Gasteiger partial charge in [0.05, 0.1) is 12.7 Å². The van der Waals surface area contributed by atoms with Crippen molar-refractivity contribution < 1.29 is 14.6 Å². The van der Waals surface area contributed by atoms with Crippen molar-refractivity contribution in [3.63, 3.8) is 0 Å². The van der Waals surface area contributed by atoms with E-state index in [-0.39, 0.29) is 25.2 Å². The number of hydrogen-bond donors (Lipinski definition) is 3. The topological polar surface area (TPSA) is 70.6 Å². The number of hydrogen-bond acceptors (Lipinski definition) is 3. The normalized spacial score (nSPS) is 13.6. The highest BCUT2D eigenvalue weighted by molar-refractivity contribution is 9.10. The SMILES string of the molecule is COC[C@@H](O)CNC(=O)N[C@H](C)Cc1ccccc1Br. The number of amides is 2. The van der Waals surface area contributed by atoms with Gasteiger partial charge in [-0.3, -0.25) is 0 Å². The first-order valence-corrected chi connectivity index (χ1v) is 7.27. The highest BCUT2D eigenvalue weighted by Crippen LogP contribution is 2.17. The van der Waals surface area contributed by atoms with E-state index in [1.165, 1.54) is 7.11 Å². The van der Waals surface area contributed by atoms with Gasteiger partial charge >= 0.3 is 6.03 Å². The van der Waals surface area contributed by atoms with Gasteiger partial charge in [-0.25, -0.2) is 4.79 Å². The van der Waals surface area contributed by atoms with Gasteiger partial charge < -0.3 is 20.5 Å². The molecule has 0 unspecified atom stereocenters. The minimum Gasteiger partial charge on any atom is -0.389 e. The second-order valence-electron chi connectivity index (χ2n) is 4.66. The first-order valence-electron chi connectivity index (χ1n) is 6.47. The van der Waals surface area contributed by atoms with Crippen molar-refractivity contribution >= 4 is 22.0 Å². The maximum Gasteiger partial charge on any atom is 0.315 e. The number of carbonyl (C=O) groups is 1. The molecular formula is C14H21BrN2O3. The lowest BCUT2D eigenvalue weighted by Gasteiger charge is -2.16. The molecule has 6 heteroatoms. The van der Waals surface area contributed by atoms with E-state index in [2.05, 4.69) is 26.6 Å². The first kappa shape index (κ1) is 16.9.